The number of hydrogen-bond acceptors (Lipinski definition) is 6. The van der Waals surface area contributed by atoms with Crippen LogP contribution in [0.15, 0.2) is 18.2 Å². The number of rotatable bonds is 7. The average Bonchev–Trinajstić information content (AvgIpc) is 2.71. The van der Waals surface area contributed by atoms with Crippen LogP contribution < -0.4 is 4.74 Å². The maximum Gasteiger partial charge on any atom is 0.438 e. The summed E-state index contributed by atoms with van der Waals surface area (Å²) in [5.41, 5.74) is -6.34. The zero-order valence-electron chi connectivity index (χ0n) is 17.4. The summed E-state index contributed by atoms with van der Waals surface area (Å²) in [5, 5.41) is 0. The van der Waals surface area contributed by atoms with Gasteiger partial charge in [-0.2, -0.15) is 34.8 Å². The number of ether oxygens (including phenoxy) is 2. The molecule has 1 aromatic rings. The lowest BCUT2D eigenvalue weighted by Crippen LogP contribution is -2.63. The highest BCUT2D eigenvalue weighted by Gasteiger charge is 2.76. The molecule has 0 unspecified atom stereocenters. The molecule has 15 heteroatoms. The van der Waals surface area contributed by atoms with Crippen LogP contribution in [0.1, 0.15) is 48.0 Å². The van der Waals surface area contributed by atoms with Crippen molar-refractivity contribution in [2.75, 3.05) is 5.75 Å². The number of carbonyl (C=O) groups is 2. The summed E-state index contributed by atoms with van der Waals surface area (Å²) in [5.74, 6) is -6.79. The van der Waals surface area contributed by atoms with Crippen LogP contribution >= 0.6 is 0 Å². The van der Waals surface area contributed by atoms with Crippen molar-refractivity contribution in [3.05, 3.63) is 29.3 Å². The van der Waals surface area contributed by atoms with E-state index >= 15 is 0 Å². The molecule has 34 heavy (non-hydrogen) atoms. The van der Waals surface area contributed by atoms with Crippen LogP contribution in [0.4, 0.5) is 26.3 Å². The molecular weight excluding hydrogens is 497 g/mol. The second kappa shape index (κ2) is 10.1. The average molecular weight is 516 g/mol. The quantitative estimate of drug-likeness (QED) is 0.194. The van der Waals surface area contributed by atoms with E-state index in [0.29, 0.717) is 18.9 Å². The van der Waals surface area contributed by atoms with Crippen LogP contribution in [-0.2, 0) is 26.0 Å². The molecule has 1 saturated carbocycles. The van der Waals surface area contributed by atoms with E-state index in [9.17, 15) is 44.3 Å². The number of carbonyl (C=O) groups excluding carboxylic acids is 2. The van der Waals surface area contributed by atoms with Gasteiger partial charge in [-0.15, -0.1) is 0 Å². The van der Waals surface area contributed by atoms with Gasteiger partial charge in [-0.1, -0.05) is 31.6 Å². The highest BCUT2D eigenvalue weighted by Crippen LogP contribution is 2.47. The van der Waals surface area contributed by atoms with Gasteiger partial charge in [0.05, 0.1) is 19.3 Å². The van der Waals surface area contributed by atoms with Crippen LogP contribution in [0.25, 0.3) is 0 Å². The number of alkyl halides is 6. The van der Waals surface area contributed by atoms with Gasteiger partial charge < -0.3 is 9.47 Å². The fourth-order valence-corrected chi connectivity index (χ4v) is 4.32. The molecule has 2 radical (unpaired) electrons. The molecule has 0 atom stereocenters. The molecule has 0 spiro atoms. The van der Waals surface area contributed by atoms with Gasteiger partial charge in [0.25, 0.3) is 10.1 Å². The van der Waals surface area contributed by atoms with Crippen molar-refractivity contribution >= 4 is 29.9 Å². The smallest absolute Gasteiger partial charge is 0.435 e. The molecule has 0 bridgehead atoms. The molecule has 1 aliphatic rings. The van der Waals surface area contributed by atoms with Gasteiger partial charge in [-0.05, 0) is 30.5 Å². The van der Waals surface area contributed by atoms with E-state index in [1.54, 1.807) is 0 Å². The lowest BCUT2D eigenvalue weighted by molar-refractivity contribution is -0.356. The highest BCUT2D eigenvalue weighted by molar-refractivity contribution is 7.85. The molecule has 0 aliphatic heterocycles. The second-order valence-electron chi connectivity index (χ2n) is 7.72. The first-order chi connectivity index (χ1) is 15.5. The lowest BCUT2D eigenvalue weighted by atomic mass is 9.89. The van der Waals surface area contributed by atoms with Gasteiger partial charge in [0.2, 0.25) is 0 Å². The Kier molecular flexibility index (Phi) is 8.34. The van der Waals surface area contributed by atoms with Gasteiger partial charge in [0, 0.05) is 0 Å². The summed E-state index contributed by atoms with van der Waals surface area (Å²) >= 11 is 0. The van der Waals surface area contributed by atoms with Crippen molar-refractivity contribution in [3.8, 4) is 5.75 Å². The van der Waals surface area contributed by atoms with Crippen molar-refractivity contribution in [1.82, 2.24) is 0 Å². The molecule has 1 aliphatic carbocycles. The fourth-order valence-electron chi connectivity index (χ4n) is 3.42. The number of hydrogen-bond donors (Lipinski definition) is 1. The number of halogens is 6. The maximum atomic E-state index is 13.4. The summed E-state index contributed by atoms with van der Waals surface area (Å²) in [6.45, 7) is 0. The minimum absolute atomic E-state index is 0.122. The third-order valence-corrected chi connectivity index (χ3v) is 6.01. The fraction of sp³-hybridized carbons (Fsp3) is 0.579. The molecule has 0 aromatic heterocycles. The monoisotopic (exact) mass is 516 g/mol. The summed E-state index contributed by atoms with van der Waals surface area (Å²) in [7, 11) is -0.409. The first-order valence-electron chi connectivity index (χ1n) is 9.87. The number of benzene rings is 1. The summed E-state index contributed by atoms with van der Waals surface area (Å²) in [6, 6.07) is 2.48. The Morgan fingerprint density at radius 3 is 2.06 bits per heavy atom. The first kappa shape index (κ1) is 28.0. The molecule has 0 saturated heterocycles. The Balaban J connectivity index is 2.42. The molecule has 1 N–H and O–H groups in total. The molecular formula is C19H19BF6O7S. The van der Waals surface area contributed by atoms with Gasteiger partial charge in [-0.25, -0.2) is 4.79 Å². The molecule has 1 fully saturated rings. The SMILES string of the molecule is [B]Cc1ccc(C(=O)OC(CS(=O)(=O)O)(C(F)(F)F)C(F)(F)F)cc1OC(=O)C1CCCCC1. The van der Waals surface area contributed by atoms with E-state index < -0.39 is 57.2 Å². The lowest BCUT2D eigenvalue weighted by Gasteiger charge is -2.35. The first-order valence-corrected chi connectivity index (χ1v) is 11.5. The Morgan fingerprint density at radius 2 is 1.59 bits per heavy atom. The predicted molar refractivity (Wildman–Crippen MR) is 105 cm³/mol. The molecule has 7 nitrogen and oxygen atoms in total. The van der Waals surface area contributed by atoms with Crippen LogP contribution in [0.3, 0.4) is 0 Å². The minimum atomic E-state index is -6.47. The van der Waals surface area contributed by atoms with Crippen molar-refractivity contribution in [2.45, 2.75) is 56.4 Å². The second-order valence-corrected chi connectivity index (χ2v) is 9.17. The molecule has 0 heterocycles. The number of esters is 2. The highest BCUT2D eigenvalue weighted by atomic mass is 32.2. The van der Waals surface area contributed by atoms with E-state index in [4.69, 9.17) is 17.1 Å². The molecule has 2 rings (SSSR count). The van der Waals surface area contributed by atoms with Crippen molar-refractivity contribution in [2.24, 2.45) is 5.92 Å². The third-order valence-electron chi connectivity index (χ3n) is 5.24. The van der Waals surface area contributed by atoms with E-state index in [-0.39, 0.29) is 17.6 Å². The molecule has 0 amide bonds. The van der Waals surface area contributed by atoms with Gasteiger partial charge in [0.1, 0.15) is 11.5 Å². The zero-order chi connectivity index (χ0) is 25.9. The zero-order valence-corrected chi connectivity index (χ0v) is 18.2. The minimum Gasteiger partial charge on any atom is -0.435 e. The Labute approximate surface area is 191 Å². The van der Waals surface area contributed by atoms with Crippen LogP contribution in [0.5, 0.6) is 5.75 Å². The van der Waals surface area contributed by atoms with Crippen LogP contribution in [-0.4, -0.2) is 56.5 Å². The predicted octanol–water partition coefficient (Wildman–Crippen LogP) is 3.75. The van der Waals surface area contributed by atoms with Crippen LogP contribution in [0.2, 0.25) is 0 Å². The van der Waals surface area contributed by atoms with Crippen molar-refractivity contribution < 1.29 is 58.4 Å². The summed E-state index contributed by atoms with van der Waals surface area (Å²) < 4.78 is 120. The van der Waals surface area contributed by atoms with Crippen molar-refractivity contribution in [3.63, 3.8) is 0 Å². The van der Waals surface area contributed by atoms with E-state index in [2.05, 4.69) is 4.74 Å². The Morgan fingerprint density at radius 1 is 1.03 bits per heavy atom. The Hall–Kier alpha value is -2.29. The van der Waals surface area contributed by atoms with Crippen molar-refractivity contribution in [1.29, 1.82) is 0 Å². The Bertz CT molecular complexity index is 1000. The van der Waals surface area contributed by atoms with E-state index in [0.717, 1.165) is 31.4 Å². The third kappa shape index (κ3) is 6.43. The van der Waals surface area contributed by atoms with Gasteiger partial charge >= 0.3 is 29.9 Å². The van der Waals surface area contributed by atoms with E-state index in [1.165, 1.54) is 0 Å². The largest absolute Gasteiger partial charge is 0.438 e. The molecule has 1 aromatic carbocycles. The van der Waals surface area contributed by atoms with E-state index in [1.807, 2.05) is 0 Å². The topological polar surface area (TPSA) is 107 Å². The summed E-state index contributed by atoms with van der Waals surface area (Å²) in [4.78, 5) is 24.7. The van der Waals surface area contributed by atoms with Gasteiger partial charge in [0.15, 0.2) is 0 Å². The maximum absolute atomic E-state index is 13.4. The standard InChI is InChI=1S/C19H19BF6O7S/c20-9-13-7-6-12(8-14(13)32-15(27)11-4-2-1-3-5-11)16(28)33-17(18(21,22)23,19(24,25)26)10-34(29,30)31/h6-8,11H,1-5,9-10H2,(H,29,30,31). The molecule has 188 valence electrons. The van der Waals surface area contributed by atoms with Gasteiger partial charge in [-0.3, -0.25) is 9.35 Å². The summed E-state index contributed by atoms with van der Waals surface area (Å²) in [6.07, 6.45) is -9.69. The normalized spacial score (nSPS) is 16.2. The van der Waals surface area contributed by atoms with Crippen LogP contribution in [0, 0.1) is 5.92 Å².